The summed E-state index contributed by atoms with van der Waals surface area (Å²) < 4.78 is 5.10. The Hall–Kier alpha value is -2.26. The van der Waals surface area contributed by atoms with Crippen LogP contribution in [0.5, 0.6) is 5.75 Å². The number of H-pyrrole nitrogens is 1. The van der Waals surface area contributed by atoms with Crippen molar-refractivity contribution in [2.45, 2.75) is 10.1 Å². The standard InChI is InChI=1S/C12H9N3O2S/c1-17-9-3-2-8(7-13)10(6-9)18-12-14-5-4-11(16)15-12/h2-6H,1H3,(H,14,15,16). The lowest BCUT2D eigenvalue weighted by Gasteiger charge is -2.05. The topological polar surface area (TPSA) is 78.8 Å². The van der Waals surface area contributed by atoms with Gasteiger partial charge in [-0.05, 0) is 18.2 Å². The summed E-state index contributed by atoms with van der Waals surface area (Å²) in [5, 5.41) is 9.46. The zero-order valence-corrected chi connectivity index (χ0v) is 10.3. The number of methoxy groups -OCH3 is 1. The van der Waals surface area contributed by atoms with Crippen LogP contribution in [0.25, 0.3) is 0 Å². The van der Waals surface area contributed by atoms with Gasteiger partial charge in [-0.15, -0.1) is 0 Å². The first-order chi connectivity index (χ1) is 8.72. The summed E-state index contributed by atoms with van der Waals surface area (Å²) >= 11 is 1.21. The molecule has 2 aromatic rings. The van der Waals surface area contributed by atoms with Gasteiger partial charge < -0.3 is 9.72 Å². The number of hydrogen-bond donors (Lipinski definition) is 1. The Morgan fingerprint density at radius 3 is 2.94 bits per heavy atom. The van der Waals surface area contributed by atoms with E-state index in [1.807, 2.05) is 0 Å². The molecule has 1 aromatic carbocycles. The zero-order chi connectivity index (χ0) is 13.0. The summed E-state index contributed by atoms with van der Waals surface area (Å²) in [5.74, 6) is 0.648. The van der Waals surface area contributed by atoms with Crippen molar-refractivity contribution in [3.05, 3.63) is 46.4 Å². The number of aromatic nitrogens is 2. The Kier molecular flexibility index (Phi) is 3.65. The number of nitrogens with zero attached hydrogens (tertiary/aromatic N) is 2. The van der Waals surface area contributed by atoms with E-state index in [1.165, 1.54) is 24.0 Å². The minimum Gasteiger partial charge on any atom is -0.497 e. The molecule has 90 valence electrons. The molecule has 1 N–H and O–H groups in total. The second-order valence-electron chi connectivity index (χ2n) is 3.32. The Labute approximate surface area is 107 Å². The van der Waals surface area contributed by atoms with Crippen molar-refractivity contribution in [3.8, 4) is 11.8 Å². The lowest BCUT2D eigenvalue weighted by Crippen LogP contribution is -2.05. The number of nitrogens with one attached hydrogen (secondary N) is 1. The summed E-state index contributed by atoms with van der Waals surface area (Å²) in [6.07, 6.45) is 1.42. The zero-order valence-electron chi connectivity index (χ0n) is 9.51. The number of aromatic amines is 1. The van der Waals surface area contributed by atoms with Crippen molar-refractivity contribution < 1.29 is 4.74 Å². The van der Waals surface area contributed by atoms with Gasteiger partial charge in [0.25, 0.3) is 5.56 Å². The molecule has 0 spiro atoms. The molecule has 0 bridgehead atoms. The maximum absolute atomic E-state index is 11.2. The molecule has 6 heteroatoms. The SMILES string of the molecule is COc1ccc(C#N)c(Sc2nccc(=O)[nH]2)c1. The predicted octanol–water partition coefficient (Wildman–Crippen LogP) is 1.80. The van der Waals surface area contributed by atoms with Crippen molar-refractivity contribution in [1.29, 1.82) is 5.26 Å². The molecular formula is C12H9N3O2S. The molecule has 1 heterocycles. The summed E-state index contributed by atoms with van der Waals surface area (Å²) in [6.45, 7) is 0. The average molecular weight is 259 g/mol. The van der Waals surface area contributed by atoms with E-state index in [9.17, 15) is 4.79 Å². The van der Waals surface area contributed by atoms with E-state index in [0.29, 0.717) is 21.4 Å². The molecule has 5 nitrogen and oxygen atoms in total. The van der Waals surface area contributed by atoms with Crippen molar-refractivity contribution in [1.82, 2.24) is 9.97 Å². The molecule has 0 radical (unpaired) electrons. The molecule has 0 amide bonds. The van der Waals surface area contributed by atoms with Crippen LogP contribution < -0.4 is 10.3 Å². The number of benzene rings is 1. The molecule has 0 aliphatic carbocycles. The Morgan fingerprint density at radius 1 is 1.44 bits per heavy atom. The third-order valence-corrected chi connectivity index (χ3v) is 3.12. The first-order valence-corrected chi connectivity index (χ1v) is 5.86. The van der Waals surface area contributed by atoms with Crippen molar-refractivity contribution in [2.24, 2.45) is 0 Å². The van der Waals surface area contributed by atoms with Gasteiger partial charge in [0.2, 0.25) is 0 Å². The van der Waals surface area contributed by atoms with Crippen molar-refractivity contribution in [3.63, 3.8) is 0 Å². The lowest BCUT2D eigenvalue weighted by atomic mass is 10.2. The third kappa shape index (κ3) is 2.70. The van der Waals surface area contributed by atoms with Gasteiger partial charge in [-0.25, -0.2) is 4.98 Å². The quantitative estimate of drug-likeness (QED) is 0.850. The van der Waals surface area contributed by atoms with Crippen LogP contribution in [0.3, 0.4) is 0 Å². The molecular weight excluding hydrogens is 250 g/mol. The number of rotatable bonds is 3. The molecule has 0 fully saturated rings. The summed E-state index contributed by atoms with van der Waals surface area (Å²) in [6, 6.07) is 8.53. The van der Waals surface area contributed by atoms with Crippen LogP contribution in [0.2, 0.25) is 0 Å². The maximum Gasteiger partial charge on any atom is 0.251 e. The van der Waals surface area contributed by atoms with E-state index in [-0.39, 0.29) is 5.56 Å². The highest BCUT2D eigenvalue weighted by atomic mass is 32.2. The highest BCUT2D eigenvalue weighted by Gasteiger charge is 2.07. The molecule has 2 rings (SSSR count). The second kappa shape index (κ2) is 5.38. The summed E-state index contributed by atoms with van der Waals surface area (Å²) in [7, 11) is 1.55. The lowest BCUT2D eigenvalue weighted by molar-refractivity contribution is 0.413. The van der Waals surface area contributed by atoms with E-state index >= 15 is 0 Å². The number of nitriles is 1. The van der Waals surface area contributed by atoms with Gasteiger partial charge in [0, 0.05) is 17.2 Å². The Bertz CT molecular complexity index is 661. The van der Waals surface area contributed by atoms with Crippen LogP contribution in [-0.2, 0) is 0 Å². The van der Waals surface area contributed by atoms with Crippen molar-refractivity contribution in [2.75, 3.05) is 7.11 Å². The maximum atomic E-state index is 11.2. The molecule has 0 unspecified atom stereocenters. The minimum atomic E-state index is -0.228. The van der Waals surface area contributed by atoms with Gasteiger partial charge in [0.15, 0.2) is 5.16 Å². The third-order valence-electron chi connectivity index (χ3n) is 2.16. The first kappa shape index (κ1) is 12.2. The van der Waals surface area contributed by atoms with Crippen LogP contribution >= 0.6 is 11.8 Å². The summed E-state index contributed by atoms with van der Waals surface area (Å²) in [4.78, 5) is 18.5. The molecule has 0 aliphatic heterocycles. The normalized spacial score (nSPS) is 9.78. The monoisotopic (exact) mass is 259 g/mol. The first-order valence-electron chi connectivity index (χ1n) is 5.04. The van der Waals surface area contributed by atoms with Crippen LogP contribution in [0.15, 0.2) is 45.3 Å². The number of ether oxygens (including phenoxy) is 1. The smallest absolute Gasteiger partial charge is 0.251 e. The van der Waals surface area contributed by atoms with Crippen LogP contribution in [0.1, 0.15) is 5.56 Å². The van der Waals surface area contributed by atoms with Gasteiger partial charge in [-0.2, -0.15) is 5.26 Å². The average Bonchev–Trinajstić information content (AvgIpc) is 2.38. The fourth-order valence-corrected chi connectivity index (χ4v) is 2.19. The van der Waals surface area contributed by atoms with E-state index < -0.39 is 0 Å². The van der Waals surface area contributed by atoms with E-state index in [4.69, 9.17) is 10.00 Å². The molecule has 0 atom stereocenters. The summed E-state index contributed by atoms with van der Waals surface area (Å²) in [5.41, 5.74) is 0.279. The molecule has 0 aliphatic rings. The van der Waals surface area contributed by atoms with Gasteiger partial charge in [0.05, 0.1) is 12.7 Å². The Balaban J connectivity index is 2.39. The second-order valence-corrected chi connectivity index (χ2v) is 4.35. The molecule has 0 saturated heterocycles. The van der Waals surface area contributed by atoms with Crippen LogP contribution in [0, 0.1) is 11.3 Å². The Morgan fingerprint density at radius 2 is 2.28 bits per heavy atom. The van der Waals surface area contributed by atoms with Gasteiger partial charge in [-0.3, -0.25) is 4.79 Å². The van der Waals surface area contributed by atoms with E-state index in [0.717, 1.165) is 0 Å². The van der Waals surface area contributed by atoms with Gasteiger partial charge >= 0.3 is 0 Å². The largest absolute Gasteiger partial charge is 0.497 e. The molecule has 0 saturated carbocycles. The number of hydrogen-bond acceptors (Lipinski definition) is 5. The highest BCUT2D eigenvalue weighted by molar-refractivity contribution is 7.99. The van der Waals surface area contributed by atoms with Gasteiger partial charge in [0.1, 0.15) is 11.8 Å². The minimum absolute atomic E-state index is 0.228. The fourth-order valence-electron chi connectivity index (χ4n) is 1.31. The molecule has 1 aromatic heterocycles. The van der Waals surface area contributed by atoms with Crippen LogP contribution in [0.4, 0.5) is 0 Å². The van der Waals surface area contributed by atoms with E-state index in [1.54, 1.807) is 25.3 Å². The fraction of sp³-hybridized carbons (Fsp3) is 0.0833. The van der Waals surface area contributed by atoms with Crippen molar-refractivity contribution >= 4 is 11.8 Å². The van der Waals surface area contributed by atoms with E-state index in [2.05, 4.69) is 16.0 Å². The highest BCUT2D eigenvalue weighted by Crippen LogP contribution is 2.30. The predicted molar refractivity (Wildman–Crippen MR) is 66.7 cm³/mol. The van der Waals surface area contributed by atoms with Gasteiger partial charge in [-0.1, -0.05) is 11.8 Å². The van der Waals surface area contributed by atoms with Crippen LogP contribution in [-0.4, -0.2) is 17.1 Å². The molecule has 18 heavy (non-hydrogen) atoms.